The van der Waals surface area contributed by atoms with Gasteiger partial charge < -0.3 is 21.1 Å². The molecule has 240 valence electrons. The van der Waals surface area contributed by atoms with E-state index < -0.39 is 33.3 Å². The highest BCUT2D eigenvalue weighted by molar-refractivity contribution is 7.89. The number of benzene rings is 1. The number of primary amides is 1. The molecule has 44 heavy (non-hydrogen) atoms. The van der Waals surface area contributed by atoms with Crippen LogP contribution in [-0.4, -0.2) is 41.7 Å². The summed E-state index contributed by atoms with van der Waals surface area (Å²) >= 11 is 1.56. The first-order chi connectivity index (χ1) is 20.5. The van der Waals surface area contributed by atoms with Crippen LogP contribution in [0.1, 0.15) is 90.3 Å². The number of carbonyl (C=O) groups excluding carboxylic acids is 2. The summed E-state index contributed by atoms with van der Waals surface area (Å²) in [5, 5.41) is 6.55. The van der Waals surface area contributed by atoms with E-state index in [1.165, 1.54) is 25.3 Å². The third-order valence-electron chi connectivity index (χ3n) is 6.28. The predicted molar refractivity (Wildman–Crippen MR) is 174 cm³/mol. The second kappa shape index (κ2) is 15.0. The lowest BCUT2D eigenvalue weighted by atomic mass is 9.90. The van der Waals surface area contributed by atoms with Crippen LogP contribution < -0.4 is 21.1 Å². The molecule has 0 atom stereocenters. The highest BCUT2D eigenvalue weighted by atomic mass is 32.2. The van der Waals surface area contributed by atoms with Crippen molar-refractivity contribution in [3.05, 3.63) is 59.5 Å². The molecule has 1 aliphatic carbocycles. The highest BCUT2D eigenvalue weighted by Crippen LogP contribution is 2.39. The van der Waals surface area contributed by atoms with E-state index >= 15 is 0 Å². The van der Waals surface area contributed by atoms with Gasteiger partial charge in [0.05, 0.1) is 27.0 Å². The third-order valence-corrected chi connectivity index (χ3v) is 9.27. The van der Waals surface area contributed by atoms with Gasteiger partial charge in [-0.25, -0.2) is 27.7 Å². The lowest BCUT2D eigenvalue weighted by Crippen LogP contribution is -2.40. The number of thiazole rings is 1. The molecule has 3 aromatic rings. The van der Waals surface area contributed by atoms with E-state index in [1.807, 2.05) is 12.1 Å². The zero-order chi connectivity index (χ0) is 32.5. The van der Waals surface area contributed by atoms with Gasteiger partial charge in [0, 0.05) is 35.1 Å². The number of urea groups is 1. The summed E-state index contributed by atoms with van der Waals surface area (Å²) in [6.45, 7) is 10.9. The van der Waals surface area contributed by atoms with Crippen LogP contribution in [0.3, 0.4) is 0 Å². The van der Waals surface area contributed by atoms with Crippen molar-refractivity contribution in [2.24, 2.45) is 5.73 Å². The van der Waals surface area contributed by atoms with Gasteiger partial charge in [-0.3, -0.25) is 4.98 Å². The molecule has 2 aromatic heterocycles. The van der Waals surface area contributed by atoms with Gasteiger partial charge in [0.2, 0.25) is 10.0 Å². The van der Waals surface area contributed by atoms with E-state index in [0.29, 0.717) is 17.2 Å². The first-order valence-electron chi connectivity index (χ1n) is 14.6. The summed E-state index contributed by atoms with van der Waals surface area (Å²) in [4.78, 5) is 32.3. The molecule has 0 aliphatic heterocycles. The Morgan fingerprint density at radius 2 is 1.73 bits per heavy atom. The standard InChI is InChI=1S/C26H33N5O3S2.C5H11NO2/c1-26(2,3)31-36(33,34)23-15-19(30-25(32)29-16-20-11-7-8-14-27-20)12-13-21(23)22-17-28-24(35-22)18-9-5-4-6-10-18;1-5(2,3)8-4(6)7/h7-8,11-15,17-18,31H,4-6,9-10,16H2,1-3H3,(H2,29,30,32);1-3H3,(H2,6,7). The minimum atomic E-state index is -3.88. The van der Waals surface area contributed by atoms with Crippen LogP contribution in [-0.2, 0) is 21.3 Å². The number of rotatable bonds is 7. The SMILES string of the molecule is CC(C)(C)NS(=O)(=O)c1cc(NC(=O)NCc2ccccn2)ccc1-c1cnc(C2CCCCC2)s1.CC(C)(C)OC(N)=O. The first-order valence-corrected chi connectivity index (χ1v) is 16.9. The molecule has 2 heterocycles. The average Bonchev–Trinajstić information content (AvgIpc) is 3.41. The number of amides is 3. The third kappa shape index (κ3) is 11.5. The van der Waals surface area contributed by atoms with Gasteiger partial charge in [-0.1, -0.05) is 31.4 Å². The number of nitrogens with one attached hydrogen (secondary N) is 3. The summed E-state index contributed by atoms with van der Waals surface area (Å²) < 4.78 is 34.2. The molecular formula is C31H44N6O5S2. The minimum Gasteiger partial charge on any atom is -0.444 e. The molecule has 4 rings (SSSR count). The highest BCUT2D eigenvalue weighted by Gasteiger charge is 2.27. The number of nitrogens with zero attached hydrogens (tertiary/aromatic N) is 2. The Bertz CT molecular complexity index is 1510. The van der Waals surface area contributed by atoms with Crippen LogP contribution in [0.4, 0.5) is 15.3 Å². The van der Waals surface area contributed by atoms with Gasteiger partial charge in [-0.05, 0) is 78.6 Å². The Balaban J connectivity index is 0.000000583. The minimum absolute atomic E-state index is 0.110. The van der Waals surface area contributed by atoms with Gasteiger partial charge in [0.25, 0.3) is 0 Å². The molecule has 0 bridgehead atoms. The largest absolute Gasteiger partial charge is 0.444 e. The molecule has 0 saturated heterocycles. The molecular weight excluding hydrogens is 601 g/mol. The van der Waals surface area contributed by atoms with Crippen LogP contribution in [0, 0.1) is 0 Å². The number of sulfonamides is 1. The Kier molecular flexibility index (Phi) is 11.9. The summed E-state index contributed by atoms with van der Waals surface area (Å²) in [7, 11) is -3.88. The van der Waals surface area contributed by atoms with Crippen LogP contribution >= 0.6 is 11.3 Å². The van der Waals surface area contributed by atoms with Crippen molar-refractivity contribution in [3.63, 3.8) is 0 Å². The Hall–Kier alpha value is -3.55. The normalized spacial score (nSPS) is 14.2. The molecule has 0 spiro atoms. The molecule has 1 fully saturated rings. The molecule has 1 aliphatic rings. The van der Waals surface area contributed by atoms with Crippen molar-refractivity contribution in [1.82, 2.24) is 20.0 Å². The lowest BCUT2D eigenvalue weighted by Gasteiger charge is -2.22. The Morgan fingerprint density at radius 3 is 2.30 bits per heavy atom. The molecule has 1 aromatic carbocycles. The number of aromatic nitrogens is 2. The molecule has 11 nitrogen and oxygen atoms in total. The first kappa shape index (κ1) is 34.9. The van der Waals surface area contributed by atoms with Crippen LogP contribution in [0.25, 0.3) is 10.4 Å². The van der Waals surface area contributed by atoms with E-state index in [4.69, 9.17) is 5.73 Å². The van der Waals surface area contributed by atoms with E-state index in [0.717, 1.165) is 28.4 Å². The van der Waals surface area contributed by atoms with E-state index in [2.05, 4.69) is 30.1 Å². The van der Waals surface area contributed by atoms with Crippen LogP contribution in [0.2, 0.25) is 0 Å². The zero-order valence-electron chi connectivity index (χ0n) is 26.3. The fourth-order valence-electron chi connectivity index (χ4n) is 4.59. The number of carbonyl (C=O) groups is 2. The quantitative estimate of drug-likeness (QED) is 0.227. The van der Waals surface area contributed by atoms with E-state index in [-0.39, 0.29) is 11.4 Å². The number of nitrogens with two attached hydrogens (primary N) is 1. The van der Waals surface area contributed by atoms with Crippen molar-refractivity contribution in [3.8, 4) is 10.4 Å². The second-order valence-electron chi connectivity index (χ2n) is 12.6. The van der Waals surface area contributed by atoms with Gasteiger partial charge in [0.1, 0.15) is 5.60 Å². The number of ether oxygens (including phenoxy) is 1. The zero-order valence-corrected chi connectivity index (χ0v) is 27.9. The smallest absolute Gasteiger partial charge is 0.405 e. The second-order valence-corrected chi connectivity index (χ2v) is 15.3. The molecule has 3 amide bonds. The summed E-state index contributed by atoms with van der Waals surface area (Å²) in [5.41, 5.74) is 5.27. The predicted octanol–water partition coefficient (Wildman–Crippen LogP) is 6.53. The maximum Gasteiger partial charge on any atom is 0.405 e. The van der Waals surface area contributed by atoms with Crippen LogP contribution in [0.5, 0.6) is 0 Å². The van der Waals surface area contributed by atoms with Crippen molar-refractivity contribution >= 4 is 39.2 Å². The molecule has 0 radical (unpaired) electrons. The van der Waals surface area contributed by atoms with Gasteiger partial charge in [-0.15, -0.1) is 11.3 Å². The van der Waals surface area contributed by atoms with Gasteiger partial charge in [0.15, 0.2) is 0 Å². The molecule has 0 unspecified atom stereocenters. The number of hydrogen-bond donors (Lipinski definition) is 4. The van der Waals surface area contributed by atoms with Crippen molar-refractivity contribution < 1.29 is 22.7 Å². The van der Waals surface area contributed by atoms with Crippen LogP contribution in [0.15, 0.2) is 53.7 Å². The Morgan fingerprint density at radius 1 is 1.02 bits per heavy atom. The topological polar surface area (TPSA) is 165 Å². The lowest BCUT2D eigenvalue weighted by molar-refractivity contribution is 0.0600. The van der Waals surface area contributed by atoms with Gasteiger partial charge >= 0.3 is 12.1 Å². The fraction of sp³-hybridized carbons (Fsp3) is 0.484. The Labute approximate surface area is 264 Å². The van der Waals surface area contributed by atoms with Crippen molar-refractivity contribution in [2.75, 3.05) is 5.32 Å². The van der Waals surface area contributed by atoms with Crippen molar-refractivity contribution in [1.29, 1.82) is 0 Å². The molecule has 5 N–H and O–H groups in total. The number of anilines is 1. The monoisotopic (exact) mass is 644 g/mol. The van der Waals surface area contributed by atoms with Crippen molar-refractivity contribution in [2.45, 2.75) is 102 Å². The van der Waals surface area contributed by atoms with E-state index in [9.17, 15) is 18.0 Å². The molecule has 1 saturated carbocycles. The van der Waals surface area contributed by atoms with Gasteiger partial charge in [-0.2, -0.15) is 0 Å². The fourth-order valence-corrected chi connectivity index (χ4v) is 7.44. The number of hydrogen-bond acceptors (Lipinski definition) is 8. The number of pyridine rings is 1. The maximum absolute atomic E-state index is 13.4. The maximum atomic E-state index is 13.4. The van der Waals surface area contributed by atoms with E-state index in [1.54, 1.807) is 83.5 Å². The summed E-state index contributed by atoms with van der Waals surface area (Å²) in [6.07, 6.45) is 8.63. The molecule has 13 heteroatoms. The summed E-state index contributed by atoms with van der Waals surface area (Å²) in [5.74, 6) is 0.439. The summed E-state index contributed by atoms with van der Waals surface area (Å²) in [6, 6.07) is 9.98. The average molecular weight is 645 g/mol.